The molecule has 0 bridgehead atoms. The largest absolute Gasteiger partial charge is 0.476 e. The van der Waals surface area contributed by atoms with Gasteiger partial charge in [0.15, 0.2) is 0 Å². The third kappa shape index (κ3) is 4.86. The fourth-order valence-corrected chi connectivity index (χ4v) is 4.38. The normalized spacial score (nSPS) is 10.1. The van der Waals surface area contributed by atoms with Crippen molar-refractivity contribution >= 4 is 80.3 Å². The molecule has 0 aliphatic heterocycles. The number of carboxylic acids is 2. The summed E-state index contributed by atoms with van der Waals surface area (Å²) in [7, 11) is 0. The SMILES string of the molecule is O=C(O)c1nc2c(S)cccc2s1.O=C(O)c1nc2c(S)cccc2s1.[Zn]. The molecule has 4 rings (SSSR count). The predicted octanol–water partition coefficient (Wildman–Crippen LogP) is 4.56. The Kier molecular flexibility index (Phi) is 7.35. The molecule has 0 amide bonds. The minimum atomic E-state index is -0.992. The molecule has 0 aliphatic carbocycles. The molecular formula is C16H10N2O4S4Zn. The fraction of sp³-hybridized carbons (Fsp3) is 0. The van der Waals surface area contributed by atoms with Crippen molar-refractivity contribution in [2.45, 2.75) is 9.79 Å². The van der Waals surface area contributed by atoms with Crippen molar-refractivity contribution in [3.8, 4) is 0 Å². The zero-order chi connectivity index (χ0) is 18.8. The molecule has 2 aromatic carbocycles. The fourth-order valence-electron chi connectivity index (χ4n) is 2.05. The van der Waals surface area contributed by atoms with Crippen molar-refractivity contribution < 1.29 is 39.3 Å². The topological polar surface area (TPSA) is 100 Å². The number of para-hydroxylation sites is 2. The van der Waals surface area contributed by atoms with Gasteiger partial charge < -0.3 is 10.2 Å². The van der Waals surface area contributed by atoms with E-state index in [2.05, 4.69) is 35.2 Å². The Morgan fingerprint density at radius 3 is 1.44 bits per heavy atom. The molecule has 27 heavy (non-hydrogen) atoms. The summed E-state index contributed by atoms with van der Waals surface area (Å²) in [5.41, 5.74) is 1.32. The second-order valence-corrected chi connectivity index (χ2v) is 7.92. The van der Waals surface area contributed by atoms with E-state index in [1.807, 2.05) is 24.3 Å². The summed E-state index contributed by atoms with van der Waals surface area (Å²) in [6, 6.07) is 10.9. The third-order valence-corrected chi connectivity index (χ3v) is 5.90. The van der Waals surface area contributed by atoms with Crippen LogP contribution in [0.5, 0.6) is 0 Å². The van der Waals surface area contributed by atoms with Gasteiger partial charge in [-0.3, -0.25) is 0 Å². The maximum Gasteiger partial charge on any atom is 0.365 e. The van der Waals surface area contributed by atoms with E-state index < -0.39 is 11.9 Å². The Morgan fingerprint density at radius 1 is 0.778 bits per heavy atom. The Balaban J connectivity index is 0.000000187. The van der Waals surface area contributed by atoms with Crippen LogP contribution < -0.4 is 0 Å². The van der Waals surface area contributed by atoms with E-state index in [1.54, 1.807) is 12.1 Å². The van der Waals surface area contributed by atoms with Gasteiger partial charge in [0.2, 0.25) is 10.0 Å². The standard InChI is InChI=1S/2C8H5NO2S2.Zn/c2*10-8(11)7-9-6-4(12)2-1-3-5(6)13-7;/h2*1-3,12H,(H,10,11);. The Bertz CT molecular complexity index is 1050. The average Bonchev–Trinajstić information content (AvgIpc) is 3.21. The molecule has 0 fully saturated rings. The number of thiazole rings is 2. The van der Waals surface area contributed by atoms with Crippen molar-refractivity contribution in [3.63, 3.8) is 0 Å². The van der Waals surface area contributed by atoms with Crippen molar-refractivity contribution in [1.82, 2.24) is 9.97 Å². The van der Waals surface area contributed by atoms with E-state index in [0.717, 1.165) is 32.1 Å². The third-order valence-electron chi connectivity index (χ3n) is 3.16. The summed E-state index contributed by atoms with van der Waals surface area (Å²) in [4.78, 5) is 30.5. The van der Waals surface area contributed by atoms with Gasteiger partial charge >= 0.3 is 11.9 Å². The molecule has 0 unspecified atom stereocenters. The molecule has 0 spiro atoms. The molecule has 2 aromatic heterocycles. The number of carboxylic acid groups (broad SMARTS) is 2. The van der Waals surface area contributed by atoms with E-state index in [1.165, 1.54) is 0 Å². The summed E-state index contributed by atoms with van der Waals surface area (Å²) in [6.07, 6.45) is 0. The van der Waals surface area contributed by atoms with Gasteiger partial charge in [-0.25, -0.2) is 19.6 Å². The molecule has 0 aliphatic rings. The summed E-state index contributed by atoms with van der Waals surface area (Å²) in [6.45, 7) is 0. The van der Waals surface area contributed by atoms with E-state index in [-0.39, 0.29) is 29.5 Å². The Labute approximate surface area is 184 Å². The molecule has 2 N–H and O–H groups in total. The first-order valence-electron chi connectivity index (χ1n) is 7.00. The Hall–Kier alpha value is -1.52. The van der Waals surface area contributed by atoms with Gasteiger partial charge in [0.25, 0.3) is 0 Å². The molecule has 0 atom stereocenters. The van der Waals surface area contributed by atoms with Crippen LogP contribution in [0.1, 0.15) is 19.6 Å². The van der Waals surface area contributed by atoms with E-state index in [4.69, 9.17) is 10.2 Å². The van der Waals surface area contributed by atoms with Gasteiger partial charge in [-0.1, -0.05) is 12.1 Å². The zero-order valence-electron chi connectivity index (χ0n) is 13.5. The molecule has 11 heteroatoms. The predicted molar refractivity (Wildman–Crippen MR) is 108 cm³/mol. The molecular weight excluding hydrogens is 478 g/mol. The van der Waals surface area contributed by atoms with Gasteiger partial charge in [-0.2, -0.15) is 0 Å². The number of nitrogens with zero attached hydrogens (tertiary/aromatic N) is 2. The molecule has 4 aromatic rings. The van der Waals surface area contributed by atoms with Crippen LogP contribution >= 0.6 is 47.9 Å². The first-order valence-corrected chi connectivity index (χ1v) is 9.53. The minimum absolute atomic E-state index is 0. The van der Waals surface area contributed by atoms with Crippen LogP contribution in [0.2, 0.25) is 0 Å². The number of aromatic nitrogens is 2. The van der Waals surface area contributed by atoms with Gasteiger partial charge in [-0.05, 0) is 24.3 Å². The number of hydrogen-bond donors (Lipinski definition) is 4. The van der Waals surface area contributed by atoms with Gasteiger partial charge in [0.05, 0.1) is 20.4 Å². The molecule has 0 saturated heterocycles. The second-order valence-electron chi connectivity index (χ2n) is 4.90. The summed E-state index contributed by atoms with van der Waals surface area (Å²) >= 11 is 10.7. The summed E-state index contributed by atoms with van der Waals surface area (Å²) < 4.78 is 1.70. The Morgan fingerprint density at radius 2 is 1.15 bits per heavy atom. The van der Waals surface area contributed by atoms with Crippen molar-refractivity contribution in [3.05, 3.63) is 46.4 Å². The second kappa shape index (κ2) is 9.12. The average molecular weight is 488 g/mol. The van der Waals surface area contributed by atoms with Gasteiger partial charge in [-0.15, -0.1) is 47.9 Å². The van der Waals surface area contributed by atoms with Crippen LogP contribution in [0.3, 0.4) is 0 Å². The molecule has 6 nitrogen and oxygen atoms in total. The molecule has 2 heterocycles. The number of benzene rings is 2. The van der Waals surface area contributed by atoms with E-state index in [9.17, 15) is 9.59 Å². The van der Waals surface area contributed by atoms with Crippen LogP contribution in [-0.4, -0.2) is 32.1 Å². The first kappa shape index (κ1) is 21.8. The van der Waals surface area contributed by atoms with Crippen molar-refractivity contribution in [2.24, 2.45) is 0 Å². The van der Waals surface area contributed by atoms with Crippen LogP contribution in [0, 0.1) is 0 Å². The van der Waals surface area contributed by atoms with Crippen LogP contribution in [0.15, 0.2) is 46.2 Å². The monoisotopic (exact) mass is 486 g/mol. The van der Waals surface area contributed by atoms with Crippen LogP contribution in [0.25, 0.3) is 20.4 Å². The smallest absolute Gasteiger partial charge is 0.365 e. The minimum Gasteiger partial charge on any atom is -0.476 e. The first-order chi connectivity index (χ1) is 12.4. The molecule has 0 radical (unpaired) electrons. The van der Waals surface area contributed by atoms with E-state index >= 15 is 0 Å². The van der Waals surface area contributed by atoms with Gasteiger partial charge in [0, 0.05) is 29.3 Å². The van der Waals surface area contributed by atoms with Crippen LogP contribution in [0.4, 0.5) is 0 Å². The number of aromatic carboxylic acids is 2. The quantitative estimate of drug-likeness (QED) is 0.244. The number of thiol groups is 2. The van der Waals surface area contributed by atoms with E-state index in [0.29, 0.717) is 20.8 Å². The maximum atomic E-state index is 10.6. The number of rotatable bonds is 2. The number of fused-ring (bicyclic) bond motifs is 2. The summed E-state index contributed by atoms with van der Waals surface area (Å²) in [5.74, 6) is -1.98. The molecule has 134 valence electrons. The van der Waals surface area contributed by atoms with Crippen molar-refractivity contribution in [1.29, 1.82) is 0 Å². The maximum absolute atomic E-state index is 10.6. The molecule has 0 saturated carbocycles. The zero-order valence-corrected chi connectivity index (χ0v) is 19.9. The van der Waals surface area contributed by atoms with Gasteiger partial charge in [0.1, 0.15) is 0 Å². The number of carbonyl (C=O) groups is 2. The van der Waals surface area contributed by atoms with Crippen LogP contribution in [-0.2, 0) is 19.5 Å². The van der Waals surface area contributed by atoms with Crippen molar-refractivity contribution in [2.75, 3.05) is 0 Å². The number of hydrogen-bond acceptors (Lipinski definition) is 8. The summed E-state index contributed by atoms with van der Waals surface area (Å²) in [5, 5.41) is 17.6.